The van der Waals surface area contributed by atoms with Crippen molar-refractivity contribution < 1.29 is 0 Å². The van der Waals surface area contributed by atoms with Crippen molar-refractivity contribution in [2.45, 2.75) is 19.4 Å². The van der Waals surface area contributed by atoms with Crippen molar-refractivity contribution in [2.24, 2.45) is 5.73 Å². The molecule has 3 heteroatoms. The van der Waals surface area contributed by atoms with E-state index < -0.39 is 0 Å². The third-order valence-corrected chi connectivity index (χ3v) is 2.72. The molecular formula is C9H11BrClN. The number of benzene rings is 1. The van der Waals surface area contributed by atoms with E-state index in [9.17, 15) is 0 Å². The average molecular weight is 249 g/mol. The Morgan fingerprint density at radius 2 is 2.25 bits per heavy atom. The molecule has 2 N–H and O–H groups in total. The Hall–Kier alpha value is -0.0500. The number of hydrogen-bond donors (Lipinski definition) is 1. The summed E-state index contributed by atoms with van der Waals surface area (Å²) >= 11 is 9.22. The summed E-state index contributed by atoms with van der Waals surface area (Å²) in [7, 11) is 0. The number of halogens is 2. The van der Waals surface area contributed by atoms with Gasteiger partial charge in [0.25, 0.3) is 0 Å². The van der Waals surface area contributed by atoms with Crippen LogP contribution in [0.1, 0.15) is 24.9 Å². The Balaban J connectivity index is 3.01. The van der Waals surface area contributed by atoms with Crippen molar-refractivity contribution in [3.05, 3.63) is 33.3 Å². The van der Waals surface area contributed by atoms with Gasteiger partial charge in [0.1, 0.15) is 0 Å². The second-order valence-corrected chi connectivity index (χ2v) is 3.97. The van der Waals surface area contributed by atoms with E-state index in [-0.39, 0.29) is 6.04 Å². The molecule has 0 amide bonds. The lowest BCUT2D eigenvalue weighted by molar-refractivity contribution is 0.695. The standard InChI is InChI=1S/C9H11BrClN/c1-2-9(12)7-4-3-6(11)5-8(7)10/h3-5,9H,2,12H2,1H3. The number of nitrogens with two attached hydrogens (primary N) is 1. The monoisotopic (exact) mass is 247 g/mol. The van der Waals surface area contributed by atoms with E-state index in [1.54, 1.807) is 0 Å². The SMILES string of the molecule is CCC(N)c1ccc(Cl)cc1Br. The Labute approximate surface area is 86.0 Å². The van der Waals surface area contributed by atoms with Gasteiger partial charge in [0, 0.05) is 15.5 Å². The lowest BCUT2D eigenvalue weighted by Gasteiger charge is -2.11. The molecule has 1 aromatic carbocycles. The third-order valence-electron chi connectivity index (χ3n) is 1.80. The minimum Gasteiger partial charge on any atom is -0.324 e. The Morgan fingerprint density at radius 3 is 2.75 bits per heavy atom. The minimum atomic E-state index is 0.0941. The van der Waals surface area contributed by atoms with Gasteiger partial charge in [-0.05, 0) is 24.1 Å². The van der Waals surface area contributed by atoms with E-state index in [0.29, 0.717) is 0 Å². The molecule has 0 spiro atoms. The van der Waals surface area contributed by atoms with Gasteiger partial charge in [0.2, 0.25) is 0 Å². The highest BCUT2D eigenvalue weighted by molar-refractivity contribution is 9.10. The van der Waals surface area contributed by atoms with Gasteiger partial charge in [-0.25, -0.2) is 0 Å². The van der Waals surface area contributed by atoms with Crippen molar-refractivity contribution in [3.63, 3.8) is 0 Å². The summed E-state index contributed by atoms with van der Waals surface area (Å²) in [6.07, 6.45) is 0.931. The van der Waals surface area contributed by atoms with Gasteiger partial charge < -0.3 is 5.73 Å². The second-order valence-electron chi connectivity index (χ2n) is 2.68. The zero-order chi connectivity index (χ0) is 9.14. The molecule has 0 aromatic heterocycles. The van der Waals surface area contributed by atoms with E-state index in [4.69, 9.17) is 17.3 Å². The molecule has 1 nitrogen and oxygen atoms in total. The van der Waals surface area contributed by atoms with Crippen molar-refractivity contribution in [2.75, 3.05) is 0 Å². The molecule has 1 rings (SSSR count). The van der Waals surface area contributed by atoms with Crippen LogP contribution in [0.25, 0.3) is 0 Å². The van der Waals surface area contributed by atoms with E-state index in [2.05, 4.69) is 22.9 Å². The predicted molar refractivity (Wildman–Crippen MR) is 56.4 cm³/mol. The zero-order valence-corrected chi connectivity index (χ0v) is 9.19. The molecule has 0 saturated carbocycles. The molecule has 0 heterocycles. The molecule has 12 heavy (non-hydrogen) atoms. The molecular weight excluding hydrogens is 237 g/mol. The second kappa shape index (κ2) is 4.26. The van der Waals surface area contributed by atoms with E-state index in [1.807, 2.05) is 18.2 Å². The molecule has 0 saturated heterocycles. The van der Waals surface area contributed by atoms with Gasteiger partial charge in [-0.2, -0.15) is 0 Å². The summed E-state index contributed by atoms with van der Waals surface area (Å²) < 4.78 is 0.990. The van der Waals surface area contributed by atoms with Crippen molar-refractivity contribution in [1.82, 2.24) is 0 Å². The highest BCUT2D eigenvalue weighted by Crippen LogP contribution is 2.26. The molecule has 0 bridgehead atoms. The van der Waals surface area contributed by atoms with Crippen LogP contribution in [-0.2, 0) is 0 Å². The Bertz CT molecular complexity index is 275. The first kappa shape index (κ1) is 10.0. The van der Waals surface area contributed by atoms with Crippen LogP contribution in [0.5, 0.6) is 0 Å². The quantitative estimate of drug-likeness (QED) is 0.851. The summed E-state index contributed by atoms with van der Waals surface area (Å²) in [5, 5.41) is 0.730. The molecule has 0 aliphatic carbocycles. The summed E-state index contributed by atoms with van der Waals surface area (Å²) in [6, 6.07) is 5.78. The van der Waals surface area contributed by atoms with Gasteiger partial charge in [-0.1, -0.05) is 40.5 Å². The normalized spacial score (nSPS) is 13.0. The molecule has 0 aliphatic rings. The third kappa shape index (κ3) is 2.22. The maximum Gasteiger partial charge on any atom is 0.0417 e. The van der Waals surface area contributed by atoms with Crippen LogP contribution in [0.4, 0.5) is 0 Å². The summed E-state index contributed by atoms with van der Waals surface area (Å²) in [5.74, 6) is 0. The first-order valence-corrected chi connectivity index (χ1v) is 5.02. The first-order chi connectivity index (χ1) is 5.65. The molecule has 0 radical (unpaired) electrons. The Morgan fingerprint density at radius 1 is 1.58 bits per heavy atom. The zero-order valence-electron chi connectivity index (χ0n) is 6.85. The predicted octanol–water partition coefficient (Wildman–Crippen LogP) is 3.51. The first-order valence-electron chi connectivity index (χ1n) is 3.85. The van der Waals surface area contributed by atoms with Gasteiger partial charge in [0.15, 0.2) is 0 Å². The van der Waals surface area contributed by atoms with Crippen LogP contribution in [0.2, 0.25) is 5.02 Å². The summed E-state index contributed by atoms with van der Waals surface area (Å²) in [4.78, 5) is 0. The maximum atomic E-state index is 5.87. The molecule has 1 unspecified atom stereocenters. The lowest BCUT2D eigenvalue weighted by atomic mass is 10.1. The molecule has 0 fully saturated rings. The molecule has 1 atom stereocenters. The van der Waals surface area contributed by atoms with Crippen LogP contribution in [0.3, 0.4) is 0 Å². The topological polar surface area (TPSA) is 26.0 Å². The average Bonchev–Trinajstić information content (AvgIpc) is 2.03. The van der Waals surface area contributed by atoms with Gasteiger partial charge in [0.05, 0.1) is 0 Å². The summed E-state index contributed by atoms with van der Waals surface area (Å²) in [5.41, 5.74) is 6.98. The van der Waals surface area contributed by atoms with Gasteiger partial charge in [-0.3, -0.25) is 0 Å². The van der Waals surface area contributed by atoms with Crippen molar-refractivity contribution >= 4 is 27.5 Å². The fourth-order valence-electron chi connectivity index (χ4n) is 1.02. The van der Waals surface area contributed by atoms with Crippen LogP contribution >= 0.6 is 27.5 Å². The largest absolute Gasteiger partial charge is 0.324 e. The van der Waals surface area contributed by atoms with E-state index in [1.165, 1.54) is 0 Å². The number of hydrogen-bond acceptors (Lipinski definition) is 1. The van der Waals surface area contributed by atoms with Crippen LogP contribution in [0.15, 0.2) is 22.7 Å². The molecule has 66 valence electrons. The smallest absolute Gasteiger partial charge is 0.0417 e. The Kier molecular flexibility index (Phi) is 3.56. The van der Waals surface area contributed by atoms with Gasteiger partial charge >= 0.3 is 0 Å². The summed E-state index contributed by atoms with van der Waals surface area (Å²) in [6.45, 7) is 2.06. The van der Waals surface area contributed by atoms with E-state index in [0.717, 1.165) is 21.5 Å². The van der Waals surface area contributed by atoms with Crippen LogP contribution < -0.4 is 5.73 Å². The fourth-order valence-corrected chi connectivity index (χ4v) is 2.00. The lowest BCUT2D eigenvalue weighted by Crippen LogP contribution is -2.08. The van der Waals surface area contributed by atoms with Crippen molar-refractivity contribution in [1.29, 1.82) is 0 Å². The fraction of sp³-hybridized carbons (Fsp3) is 0.333. The maximum absolute atomic E-state index is 5.87. The minimum absolute atomic E-state index is 0.0941. The molecule has 0 aliphatic heterocycles. The molecule has 1 aromatic rings. The highest BCUT2D eigenvalue weighted by atomic mass is 79.9. The number of rotatable bonds is 2. The van der Waals surface area contributed by atoms with Crippen LogP contribution in [-0.4, -0.2) is 0 Å². The van der Waals surface area contributed by atoms with Crippen molar-refractivity contribution in [3.8, 4) is 0 Å². The highest BCUT2D eigenvalue weighted by Gasteiger charge is 2.07. The van der Waals surface area contributed by atoms with E-state index >= 15 is 0 Å². The van der Waals surface area contributed by atoms with Gasteiger partial charge in [-0.15, -0.1) is 0 Å². The van der Waals surface area contributed by atoms with Crippen LogP contribution in [0, 0.1) is 0 Å².